The Morgan fingerprint density at radius 3 is 2.38 bits per heavy atom. The van der Waals surface area contributed by atoms with Crippen LogP contribution in [0.1, 0.15) is 19.4 Å². The van der Waals surface area contributed by atoms with Gasteiger partial charge in [-0.05, 0) is 16.3 Å². The highest BCUT2D eigenvalue weighted by molar-refractivity contribution is 5.92. The van der Waals surface area contributed by atoms with E-state index in [1.54, 1.807) is 13.8 Å². The minimum absolute atomic E-state index is 0.187. The molecule has 3 N–H and O–H groups in total. The van der Waals surface area contributed by atoms with Gasteiger partial charge >= 0.3 is 0 Å². The number of nitrogens with one attached hydrogen (secondary N) is 3. The average molecular weight is 327 g/mol. The first kappa shape index (κ1) is 17.5. The fraction of sp³-hybridized carbons (Fsp3) is 0.278. The molecule has 126 valence electrons. The molecule has 0 bridgehead atoms. The second kappa shape index (κ2) is 8.10. The maximum absolute atomic E-state index is 12.0. The summed E-state index contributed by atoms with van der Waals surface area (Å²) in [7, 11) is 0. The predicted octanol–water partition coefficient (Wildman–Crippen LogP) is 1.30. The number of hydrogen-bond donors (Lipinski definition) is 3. The van der Waals surface area contributed by atoms with Gasteiger partial charge in [0.05, 0.1) is 13.0 Å². The third kappa shape index (κ3) is 4.81. The van der Waals surface area contributed by atoms with Gasteiger partial charge in [-0.3, -0.25) is 25.2 Å². The molecule has 0 saturated carbocycles. The molecule has 24 heavy (non-hydrogen) atoms. The number of rotatable bonds is 5. The maximum atomic E-state index is 12.0. The van der Waals surface area contributed by atoms with Crippen molar-refractivity contribution in [1.82, 2.24) is 16.2 Å². The second-order valence-corrected chi connectivity index (χ2v) is 5.78. The molecule has 6 nitrogen and oxygen atoms in total. The zero-order valence-electron chi connectivity index (χ0n) is 13.8. The molecule has 0 aliphatic rings. The van der Waals surface area contributed by atoms with Crippen LogP contribution in [0.4, 0.5) is 0 Å². The Morgan fingerprint density at radius 2 is 1.62 bits per heavy atom. The van der Waals surface area contributed by atoms with Crippen molar-refractivity contribution in [2.24, 2.45) is 5.92 Å². The molecule has 0 aromatic heterocycles. The molecule has 0 atom stereocenters. The van der Waals surface area contributed by atoms with Crippen LogP contribution in [0.5, 0.6) is 0 Å². The molecule has 3 amide bonds. The fourth-order valence-corrected chi connectivity index (χ4v) is 2.18. The van der Waals surface area contributed by atoms with Crippen LogP contribution in [0.15, 0.2) is 42.5 Å². The summed E-state index contributed by atoms with van der Waals surface area (Å²) >= 11 is 0. The molecule has 0 heterocycles. The van der Waals surface area contributed by atoms with Crippen molar-refractivity contribution in [1.29, 1.82) is 0 Å². The number of carbonyl (C=O) groups excluding carboxylic acids is 3. The average Bonchev–Trinajstić information content (AvgIpc) is 2.58. The summed E-state index contributed by atoms with van der Waals surface area (Å²) in [6.07, 6.45) is 0.187. The molecule has 2 rings (SSSR count). The first-order valence-electron chi connectivity index (χ1n) is 7.79. The minimum Gasteiger partial charge on any atom is -0.347 e. The van der Waals surface area contributed by atoms with Gasteiger partial charge < -0.3 is 5.32 Å². The molecular formula is C18H21N3O3. The van der Waals surface area contributed by atoms with Crippen molar-refractivity contribution in [3.8, 4) is 0 Å². The summed E-state index contributed by atoms with van der Waals surface area (Å²) in [4.78, 5) is 35.0. The highest BCUT2D eigenvalue weighted by atomic mass is 16.2. The molecule has 0 unspecified atom stereocenters. The highest BCUT2D eigenvalue weighted by Crippen LogP contribution is 2.18. The molecule has 2 aromatic rings. The third-order valence-corrected chi connectivity index (χ3v) is 3.53. The van der Waals surface area contributed by atoms with Gasteiger partial charge in [0, 0.05) is 5.92 Å². The van der Waals surface area contributed by atoms with Gasteiger partial charge in [0.1, 0.15) is 0 Å². The van der Waals surface area contributed by atoms with E-state index in [1.165, 1.54) is 0 Å². The van der Waals surface area contributed by atoms with E-state index in [-0.39, 0.29) is 30.7 Å². The van der Waals surface area contributed by atoms with E-state index in [1.807, 2.05) is 42.5 Å². The van der Waals surface area contributed by atoms with Crippen LogP contribution >= 0.6 is 0 Å². The summed E-state index contributed by atoms with van der Waals surface area (Å²) in [5.41, 5.74) is 5.45. The monoisotopic (exact) mass is 327 g/mol. The first-order chi connectivity index (χ1) is 11.5. The fourth-order valence-electron chi connectivity index (χ4n) is 2.18. The summed E-state index contributed by atoms with van der Waals surface area (Å²) < 4.78 is 0. The largest absolute Gasteiger partial charge is 0.347 e. The van der Waals surface area contributed by atoms with Crippen LogP contribution in [0.3, 0.4) is 0 Å². The van der Waals surface area contributed by atoms with Gasteiger partial charge in [-0.1, -0.05) is 56.3 Å². The zero-order valence-corrected chi connectivity index (χ0v) is 13.8. The Labute approximate surface area is 140 Å². The number of fused-ring (bicyclic) bond motifs is 1. The lowest BCUT2D eigenvalue weighted by atomic mass is 10.0. The maximum Gasteiger partial charge on any atom is 0.257 e. The standard InChI is InChI=1S/C18H21N3O3/c1-12(2)18(24)21-20-17(23)11-19-16(22)10-14-8-5-7-13-6-3-4-9-15(13)14/h3-9,12H,10-11H2,1-2H3,(H,19,22)(H,20,23)(H,21,24). The van der Waals surface area contributed by atoms with Gasteiger partial charge in [0.25, 0.3) is 5.91 Å². The first-order valence-corrected chi connectivity index (χ1v) is 7.79. The summed E-state index contributed by atoms with van der Waals surface area (Å²) in [5, 5.41) is 4.63. The minimum atomic E-state index is -0.477. The second-order valence-electron chi connectivity index (χ2n) is 5.78. The summed E-state index contributed by atoms with van der Waals surface area (Å²) in [5.74, 6) is -1.25. The number of carbonyl (C=O) groups is 3. The topological polar surface area (TPSA) is 87.3 Å². The lowest BCUT2D eigenvalue weighted by Gasteiger charge is -2.10. The number of hydrazine groups is 1. The Balaban J connectivity index is 1.85. The SMILES string of the molecule is CC(C)C(=O)NNC(=O)CNC(=O)Cc1cccc2ccccc12. The smallest absolute Gasteiger partial charge is 0.257 e. The van der Waals surface area contributed by atoms with Crippen molar-refractivity contribution in [3.63, 3.8) is 0 Å². The van der Waals surface area contributed by atoms with Crippen molar-refractivity contribution in [2.75, 3.05) is 6.54 Å². The summed E-state index contributed by atoms with van der Waals surface area (Å²) in [6.45, 7) is 3.24. The third-order valence-electron chi connectivity index (χ3n) is 3.53. The van der Waals surface area contributed by atoms with E-state index in [2.05, 4.69) is 16.2 Å². The van der Waals surface area contributed by atoms with Gasteiger partial charge in [0.2, 0.25) is 11.8 Å². The molecule has 0 aliphatic carbocycles. The molecule has 2 aromatic carbocycles. The molecule has 0 spiro atoms. The van der Waals surface area contributed by atoms with E-state index in [0.29, 0.717) is 0 Å². The van der Waals surface area contributed by atoms with Crippen molar-refractivity contribution in [2.45, 2.75) is 20.3 Å². The van der Waals surface area contributed by atoms with Gasteiger partial charge in [0.15, 0.2) is 0 Å². The van der Waals surface area contributed by atoms with Crippen LogP contribution in [-0.2, 0) is 20.8 Å². The Kier molecular flexibility index (Phi) is 5.89. The van der Waals surface area contributed by atoms with Gasteiger partial charge in [-0.2, -0.15) is 0 Å². The van der Waals surface area contributed by atoms with Crippen molar-refractivity contribution < 1.29 is 14.4 Å². The van der Waals surface area contributed by atoms with E-state index in [4.69, 9.17) is 0 Å². The van der Waals surface area contributed by atoms with Crippen LogP contribution in [0.2, 0.25) is 0 Å². The Morgan fingerprint density at radius 1 is 0.917 bits per heavy atom. The van der Waals surface area contributed by atoms with Crippen LogP contribution in [0, 0.1) is 5.92 Å². The molecular weight excluding hydrogens is 306 g/mol. The van der Waals surface area contributed by atoms with Crippen LogP contribution in [0.25, 0.3) is 10.8 Å². The molecule has 0 fully saturated rings. The Hall–Kier alpha value is -2.89. The highest BCUT2D eigenvalue weighted by Gasteiger charge is 2.10. The van der Waals surface area contributed by atoms with Crippen LogP contribution in [-0.4, -0.2) is 24.3 Å². The van der Waals surface area contributed by atoms with Gasteiger partial charge in [-0.15, -0.1) is 0 Å². The van der Waals surface area contributed by atoms with Crippen molar-refractivity contribution >= 4 is 28.5 Å². The van der Waals surface area contributed by atoms with Gasteiger partial charge in [-0.25, -0.2) is 0 Å². The van der Waals surface area contributed by atoms with Crippen LogP contribution < -0.4 is 16.2 Å². The molecule has 0 radical (unpaired) electrons. The van der Waals surface area contributed by atoms with E-state index in [9.17, 15) is 14.4 Å². The predicted molar refractivity (Wildman–Crippen MR) is 91.8 cm³/mol. The number of amides is 3. The van der Waals surface area contributed by atoms with Crippen molar-refractivity contribution in [3.05, 3.63) is 48.0 Å². The summed E-state index contributed by atoms with van der Waals surface area (Å²) in [6, 6.07) is 13.6. The molecule has 0 aliphatic heterocycles. The Bertz CT molecular complexity index is 751. The molecule has 0 saturated heterocycles. The quantitative estimate of drug-likeness (QED) is 0.724. The molecule has 6 heteroatoms. The van der Waals surface area contributed by atoms with E-state index >= 15 is 0 Å². The normalized spacial score (nSPS) is 10.5. The number of benzene rings is 2. The lowest BCUT2D eigenvalue weighted by Crippen LogP contribution is -2.47. The van der Waals surface area contributed by atoms with E-state index in [0.717, 1.165) is 16.3 Å². The zero-order chi connectivity index (χ0) is 17.5. The van der Waals surface area contributed by atoms with E-state index < -0.39 is 5.91 Å². The lowest BCUT2D eigenvalue weighted by molar-refractivity contribution is -0.131. The number of hydrogen-bond acceptors (Lipinski definition) is 3.